The summed E-state index contributed by atoms with van der Waals surface area (Å²) in [6, 6.07) is 6.75. The number of likely N-dealkylation sites (tertiary alicyclic amines) is 1. The summed E-state index contributed by atoms with van der Waals surface area (Å²) in [5.41, 5.74) is 5.11. The van der Waals surface area contributed by atoms with Gasteiger partial charge in [0, 0.05) is 17.7 Å². The Labute approximate surface area is 131 Å². The number of aryl methyl sites for hydroxylation is 3. The molecule has 1 aromatic heterocycles. The smallest absolute Gasteiger partial charge is 0.0997 e. The second-order valence-electron chi connectivity index (χ2n) is 6.14. The number of hydrogen-bond acceptors (Lipinski definition) is 3. The van der Waals surface area contributed by atoms with Crippen LogP contribution in [0.5, 0.6) is 0 Å². The van der Waals surface area contributed by atoms with Crippen molar-refractivity contribution >= 4 is 22.7 Å². The van der Waals surface area contributed by atoms with E-state index >= 15 is 0 Å². The lowest BCUT2D eigenvalue weighted by Crippen LogP contribution is -2.21. The molecule has 3 rings (SSSR count). The van der Waals surface area contributed by atoms with Crippen molar-refractivity contribution in [3.05, 3.63) is 34.9 Å². The van der Waals surface area contributed by atoms with Gasteiger partial charge in [0.05, 0.1) is 10.5 Å². The van der Waals surface area contributed by atoms with Crippen molar-refractivity contribution in [2.45, 2.75) is 38.6 Å². The van der Waals surface area contributed by atoms with E-state index in [1.54, 1.807) is 0 Å². The third-order valence-electron chi connectivity index (χ3n) is 4.42. The monoisotopic (exact) mass is 300 g/mol. The summed E-state index contributed by atoms with van der Waals surface area (Å²) in [5, 5.41) is 2.46. The van der Waals surface area contributed by atoms with Gasteiger partial charge in [0.25, 0.3) is 0 Å². The quantitative estimate of drug-likeness (QED) is 0.781. The topological polar surface area (TPSA) is 16.1 Å². The number of hydrogen-bond donors (Lipinski definition) is 0. The van der Waals surface area contributed by atoms with E-state index < -0.39 is 0 Å². The van der Waals surface area contributed by atoms with Gasteiger partial charge in [0.15, 0.2) is 0 Å². The van der Waals surface area contributed by atoms with Crippen LogP contribution in [0.4, 0.5) is 0 Å². The molecule has 1 aromatic carbocycles. The minimum atomic E-state index is 1.13. The van der Waals surface area contributed by atoms with Crippen LogP contribution in [0.3, 0.4) is 0 Å². The molecule has 0 saturated carbocycles. The Hall–Kier alpha value is -1.06. The van der Waals surface area contributed by atoms with Crippen LogP contribution in [0, 0.1) is 20.8 Å². The number of fused-ring (bicyclic) bond motifs is 1. The fourth-order valence-electron chi connectivity index (χ4n) is 2.95. The van der Waals surface area contributed by atoms with Crippen molar-refractivity contribution in [2.75, 3.05) is 25.4 Å². The first kappa shape index (κ1) is 14.9. The molecule has 21 heavy (non-hydrogen) atoms. The first-order valence-electron chi connectivity index (χ1n) is 7.87. The summed E-state index contributed by atoms with van der Waals surface area (Å²) in [4.78, 5) is 7.45. The van der Waals surface area contributed by atoms with Crippen molar-refractivity contribution in [3.63, 3.8) is 0 Å². The molecule has 1 saturated heterocycles. The lowest BCUT2D eigenvalue weighted by atomic mass is 10.1. The molecule has 0 spiro atoms. The van der Waals surface area contributed by atoms with Crippen LogP contribution in [0.15, 0.2) is 23.2 Å². The zero-order chi connectivity index (χ0) is 14.8. The van der Waals surface area contributed by atoms with Crippen LogP contribution < -0.4 is 0 Å². The minimum Gasteiger partial charge on any atom is -0.303 e. The molecule has 1 aliphatic rings. The van der Waals surface area contributed by atoms with E-state index in [2.05, 4.69) is 43.9 Å². The molecule has 3 heteroatoms. The van der Waals surface area contributed by atoms with Gasteiger partial charge >= 0.3 is 0 Å². The zero-order valence-electron chi connectivity index (χ0n) is 13.3. The fraction of sp³-hybridized carbons (Fsp3) is 0.500. The Balaban J connectivity index is 1.75. The summed E-state index contributed by atoms with van der Waals surface area (Å²) < 4.78 is 0. The third kappa shape index (κ3) is 3.41. The molecular formula is C18H24N2S. The number of rotatable bonds is 4. The van der Waals surface area contributed by atoms with Gasteiger partial charge in [-0.2, -0.15) is 0 Å². The molecule has 0 N–H and O–H groups in total. The molecule has 0 amide bonds. The van der Waals surface area contributed by atoms with Gasteiger partial charge in [-0.15, -0.1) is 11.8 Å². The Morgan fingerprint density at radius 3 is 2.43 bits per heavy atom. The minimum absolute atomic E-state index is 1.13. The van der Waals surface area contributed by atoms with E-state index in [1.165, 1.54) is 59.6 Å². The van der Waals surface area contributed by atoms with E-state index in [-0.39, 0.29) is 0 Å². The van der Waals surface area contributed by atoms with Crippen molar-refractivity contribution in [2.24, 2.45) is 0 Å². The van der Waals surface area contributed by atoms with Crippen LogP contribution in [0.1, 0.15) is 29.5 Å². The van der Waals surface area contributed by atoms with E-state index in [1.807, 2.05) is 11.8 Å². The molecule has 0 atom stereocenters. The second kappa shape index (κ2) is 6.37. The summed E-state index contributed by atoms with van der Waals surface area (Å²) in [6.07, 6.45) is 2.74. The highest BCUT2D eigenvalue weighted by atomic mass is 32.2. The highest BCUT2D eigenvalue weighted by Gasteiger charge is 2.12. The highest BCUT2D eigenvalue weighted by Crippen LogP contribution is 2.26. The van der Waals surface area contributed by atoms with E-state index in [0.29, 0.717) is 0 Å². The predicted molar refractivity (Wildman–Crippen MR) is 92.4 cm³/mol. The van der Waals surface area contributed by atoms with E-state index in [9.17, 15) is 0 Å². The van der Waals surface area contributed by atoms with Gasteiger partial charge in [-0.25, -0.2) is 4.98 Å². The predicted octanol–water partition coefficient (Wildman–Crippen LogP) is 4.35. The molecule has 0 bridgehead atoms. The molecule has 112 valence electrons. The van der Waals surface area contributed by atoms with Gasteiger partial charge in [-0.05, 0) is 81.6 Å². The van der Waals surface area contributed by atoms with Crippen LogP contribution in [-0.4, -0.2) is 35.3 Å². The Bertz CT molecular complexity index is 645. The largest absolute Gasteiger partial charge is 0.303 e. The number of pyridine rings is 1. The van der Waals surface area contributed by atoms with Gasteiger partial charge in [-0.1, -0.05) is 0 Å². The second-order valence-corrected chi connectivity index (χ2v) is 7.22. The maximum absolute atomic E-state index is 4.89. The molecule has 0 aliphatic carbocycles. The first-order valence-corrected chi connectivity index (χ1v) is 8.86. The van der Waals surface area contributed by atoms with Crippen LogP contribution >= 0.6 is 11.8 Å². The average Bonchev–Trinajstić information content (AvgIpc) is 2.95. The van der Waals surface area contributed by atoms with Gasteiger partial charge in [-0.3, -0.25) is 0 Å². The maximum Gasteiger partial charge on any atom is 0.0997 e. The van der Waals surface area contributed by atoms with Gasteiger partial charge in [0.1, 0.15) is 0 Å². The lowest BCUT2D eigenvalue weighted by Gasteiger charge is -2.14. The van der Waals surface area contributed by atoms with Crippen LogP contribution in [-0.2, 0) is 0 Å². The van der Waals surface area contributed by atoms with Gasteiger partial charge in [0.2, 0.25) is 0 Å². The number of thioether (sulfide) groups is 1. The SMILES string of the molecule is Cc1cc2cc(C)c(SCCN3CCCC3)nc2cc1C. The third-order valence-corrected chi connectivity index (χ3v) is 5.49. The molecular weight excluding hydrogens is 276 g/mol. The summed E-state index contributed by atoms with van der Waals surface area (Å²) in [5.74, 6) is 1.14. The highest BCUT2D eigenvalue weighted by molar-refractivity contribution is 7.99. The average molecular weight is 300 g/mol. The molecule has 0 unspecified atom stereocenters. The maximum atomic E-state index is 4.89. The Kier molecular flexibility index (Phi) is 4.51. The van der Waals surface area contributed by atoms with Crippen LogP contribution in [0.2, 0.25) is 0 Å². The normalized spacial score (nSPS) is 16.0. The lowest BCUT2D eigenvalue weighted by molar-refractivity contribution is 0.362. The number of aromatic nitrogens is 1. The number of benzene rings is 1. The summed E-state index contributed by atoms with van der Waals surface area (Å²) in [6.45, 7) is 10.3. The molecule has 2 nitrogen and oxygen atoms in total. The molecule has 2 aromatic rings. The molecule has 0 radical (unpaired) electrons. The summed E-state index contributed by atoms with van der Waals surface area (Å²) >= 11 is 1.91. The molecule has 1 aliphatic heterocycles. The van der Waals surface area contributed by atoms with Crippen molar-refractivity contribution < 1.29 is 0 Å². The molecule has 2 heterocycles. The van der Waals surface area contributed by atoms with E-state index in [0.717, 1.165) is 11.3 Å². The standard InChI is InChI=1S/C18H24N2S/c1-13-10-16-11-15(3)18(19-17(16)12-14(13)2)21-9-8-20-6-4-5-7-20/h10-12H,4-9H2,1-3H3. The van der Waals surface area contributed by atoms with Crippen molar-refractivity contribution in [1.29, 1.82) is 0 Å². The first-order chi connectivity index (χ1) is 10.1. The van der Waals surface area contributed by atoms with Crippen molar-refractivity contribution in [3.8, 4) is 0 Å². The Morgan fingerprint density at radius 1 is 1.00 bits per heavy atom. The number of nitrogens with zero attached hydrogens (tertiary/aromatic N) is 2. The zero-order valence-corrected chi connectivity index (χ0v) is 14.1. The Morgan fingerprint density at radius 2 is 1.67 bits per heavy atom. The van der Waals surface area contributed by atoms with E-state index in [4.69, 9.17) is 4.98 Å². The van der Waals surface area contributed by atoms with Crippen molar-refractivity contribution in [1.82, 2.24) is 9.88 Å². The summed E-state index contributed by atoms with van der Waals surface area (Å²) in [7, 11) is 0. The molecule has 1 fully saturated rings. The van der Waals surface area contributed by atoms with Crippen LogP contribution in [0.25, 0.3) is 10.9 Å². The van der Waals surface area contributed by atoms with Gasteiger partial charge < -0.3 is 4.90 Å². The fourth-order valence-corrected chi connectivity index (χ4v) is 3.94.